The van der Waals surface area contributed by atoms with Crippen LogP contribution in [-0.4, -0.2) is 82.2 Å². The van der Waals surface area contributed by atoms with Crippen LogP contribution in [0.3, 0.4) is 0 Å². The van der Waals surface area contributed by atoms with E-state index in [1.165, 1.54) is 0 Å². The summed E-state index contributed by atoms with van der Waals surface area (Å²) in [6.07, 6.45) is -4.12. The largest absolute Gasteiger partial charge is 0.411 e. The highest BCUT2D eigenvalue weighted by atomic mass is 19.4. The SMILES string of the molecule is CN(C)CC1CN(CCOCC(F)(F)F)CCO1. The first kappa shape index (κ1) is 15.7. The van der Waals surface area contributed by atoms with Crippen LogP contribution in [0.5, 0.6) is 0 Å². The smallest absolute Gasteiger partial charge is 0.374 e. The zero-order valence-corrected chi connectivity index (χ0v) is 10.9. The molecule has 1 fully saturated rings. The van der Waals surface area contributed by atoms with Crippen LogP contribution in [0.25, 0.3) is 0 Å². The van der Waals surface area contributed by atoms with Crippen molar-refractivity contribution in [2.45, 2.75) is 12.3 Å². The van der Waals surface area contributed by atoms with Crippen molar-refractivity contribution in [3.63, 3.8) is 0 Å². The number of ether oxygens (including phenoxy) is 2. The van der Waals surface area contributed by atoms with E-state index in [2.05, 4.69) is 9.64 Å². The molecule has 0 amide bonds. The number of halogens is 3. The summed E-state index contributed by atoms with van der Waals surface area (Å²) in [7, 11) is 3.93. The molecule has 0 N–H and O–H groups in total. The summed E-state index contributed by atoms with van der Waals surface area (Å²) in [6.45, 7) is 2.39. The van der Waals surface area contributed by atoms with Gasteiger partial charge in [0.2, 0.25) is 0 Å². The summed E-state index contributed by atoms with van der Waals surface area (Å²) in [6, 6.07) is 0. The van der Waals surface area contributed by atoms with E-state index >= 15 is 0 Å². The number of hydrogen-bond donors (Lipinski definition) is 0. The molecule has 1 aliphatic rings. The zero-order valence-electron chi connectivity index (χ0n) is 10.9. The second kappa shape index (κ2) is 7.28. The van der Waals surface area contributed by atoms with Crippen LogP contribution in [0.1, 0.15) is 0 Å². The van der Waals surface area contributed by atoms with E-state index < -0.39 is 12.8 Å². The quantitative estimate of drug-likeness (QED) is 0.667. The molecular formula is C11H21F3N2O2. The number of hydrogen-bond acceptors (Lipinski definition) is 4. The van der Waals surface area contributed by atoms with Crippen LogP contribution < -0.4 is 0 Å². The average Bonchev–Trinajstić information content (AvgIpc) is 2.23. The Morgan fingerprint density at radius 3 is 2.72 bits per heavy atom. The van der Waals surface area contributed by atoms with Crippen LogP contribution in [0.15, 0.2) is 0 Å². The lowest BCUT2D eigenvalue weighted by molar-refractivity contribution is -0.175. The lowest BCUT2D eigenvalue weighted by Crippen LogP contribution is -2.47. The fourth-order valence-electron chi connectivity index (χ4n) is 1.88. The molecule has 0 radical (unpaired) electrons. The first-order valence-electron chi connectivity index (χ1n) is 6.00. The lowest BCUT2D eigenvalue weighted by Gasteiger charge is -2.34. The Hall–Kier alpha value is -0.370. The Morgan fingerprint density at radius 1 is 1.39 bits per heavy atom. The molecule has 1 unspecified atom stereocenters. The van der Waals surface area contributed by atoms with Crippen LogP contribution in [0, 0.1) is 0 Å². The Kier molecular flexibility index (Phi) is 6.34. The van der Waals surface area contributed by atoms with Crippen molar-refractivity contribution in [3.05, 3.63) is 0 Å². The van der Waals surface area contributed by atoms with Gasteiger partial charge in [-0.2, -0.15) is 13.2 Å². The highest BCUT2D eigenvalue weighted by Gasteiger charge is 2.27. The molecule has 7 heteroatoms. The molecule has 18 heavy (non-hydrogen) atoms. The topological polar surface area (TPSA) is 24.9 Å². The number of morpholine rings is 1. The number of likely N-dealkylation sites (N-methyl/N-ethyl adjacent to an activating group) is 1. The molecule has 0 aromatic rings. The molecule has 0 aliphatic carbocycles. The Labute approximate surface area is 106 Å². The van der Waals surface area contributed by atoms with Gasteiger partial charge in [0.05, 0.1) is 19.3 Å². The summed E-state index contributed by atoms with van der Waals surface area (Å²) in [4.78, 5) is 4.11. The minimum atomic E-state index is -4.24. The molecule has 0 bridgehead atoms. The highest BCUT2D eigenvalue weighted by molar-refractivity contribution is 4.73. The predicted molar refractivity (Wildman–Crippen MR) is 61.6 cm³/mol. The van der Waals surface area contributed by atoms with Gasteiger partial charge in [-0.1, -0.05) is 0 Å². The van der Waals surface area contributed by atoms with Gasteiger partial charge in [-0.3, -0.25) is 4.90 Å². The van der Waals surface area contributed by atoms with Gasteiger partial charge >= 0.3 is 6.18 Å². The third kappa shape index (κ3) is 7.15. The standard InChI is InChI=1S/C11H21F3N2O2/c1-15(2)7-10-8-16(4-6-18-10)3-5-17-9-11(12,13)14/h10H,3-9H2,1-2H3. The molecular weight excluding hydrogens is 249 g/mol. The summed E-state index contributed by atoms with van der Waals surface area (Å²) < 4.78 is 45.8. The Bertz CT molecular complexity index is 237. The second-order valence-corrected chi connectivity index (χ2v) is 4.72. The lowest BCUT2D eigenvalue weighted by atomic mass is 10.2. The molecule has 0 spiro atoms. The van der Waals surface area contributed by atoms with Crippen molar-refractivity contribution in [3.8, 4) is 0 Å². The van der Waals surface area contributed by atoms with Crippen LogP contribution in [0.4, 0.5) is 13.2 Å². The molecule has 1 rings (SSSR count). The maximum atomic E-state index is 11.9. The molecule has 4 nitrogen and oxygen atoms in total. The molecule has 1 atom stereocenters. The van der Waals surface area contributed by atoms with E-state index in [0.717, 1.165) is 19.6 Å². The van der Waals surface area contributed by atoms with E-state index in [4.69, 9.17) is 4.74 Å². The summed E-state index contributed by atoms with van der Waals surface area (Å²) in [5.74, 6) is 0. The molecule has 1 heterocycles. The predicted octanol–water partition coefficient (Wildman–Crippen LogP) is 0.828. The van der Waals surface area contributed by atoms with Crippen LogP contribution >= 0.6 is 0 Å². The van der Waals surface area contributed by atoms with E-state index in [-0.39, 0.29) is 12.7 Å². The minimum absolute atomic E-state index is 0.105. The van der Waals surface area contributed by atoms with Crippen LogP contribution in [-0.2, 0) is 9.47 Å². The maximum Gasteiger partial charge on any atom is 0.411 e. The minimum Gasteiger partial charge on any atom is -0.374 e. The maximum absolute atomic E-state index is 11.9. The highest BCUT2D eigenvalue weighted by Crippen LogP contribution is 2.14. The summed E-state index contributed by atoms with van der Waals surface area (Å²) in [5.41, 5.74) is 0. The van der Waals surface area contributed by atoms with Gasteiger partial charge in [0, 0.05) is 26.2 Å². The van der Waals surface area contributed by atoms with Gasteiger partial charge in [-0.05, 0) is 14.1 Å². The van der Waals surface area contributed by atoms with Gasteiger partial charge in [0.25, 0.3) is 0 Å². The first-order chi connectivity index (χ1) is 8.37. The van der Waals surface area contributed by atoms with Crippen molar-refractivity contribution in [1.82, 2.24) is 9.80 Å². The normalized spacial score (nSPS) is 22.7. The Balaban J connectivity index is 2.14. The van der Waals surface area contributed by atoms with Crippen molar-refractivity contribution < 1.29 is 22.6 Å². The number of rotatable bonds is 6. The van der Waals surface area contributed by atoms with E-state index in [0.29, 0.717) is 13.2 Å². The van der Waals surface area contributed by atoms with Gasteiger partial charge < -0.3 is 14.4 Å². The first-order valence-corrected chi connectivity index (χ1v) is 6.00. The van der Waals surface area contributed by atoms with Crippen molar-refractivity contribution in [1.29, 1.82) is 0 Å². The van der Waals surface area contributed by atoms with Gasteiger partial charge in [0.15, 0.2) is 0 Å². The molecule has 1 aliphatic heterocycles. The third-order valence-electron chi connectivity index (χ3n) is 2.61. The summed E-state index contributed by atoms with van der Waals surface area (Å²) >= 11 is 0. The van der Waals surface area contributed by atoms with Crippen molar-refractivity contribution >= 4 is 0 Å². The Morgan fingerprint density at radius 2 is 2.11 bits per heavy atom. The van der Waals surface area contributed by atoms with Gasteiger partial charge in [-0.25, -0.2) is 0 Å². The molecule has 0 aromatic heterocycles. The van der Waals surface area contributed by atoms with E-state index in [1.54, 1.807) is 0 Å². The van der Waals surface area contributed by atoms with E-state index in [1.807, 2.05) is 19.0 Å². The number of alkyl halides is 3. The second-order valence-electron chi connectivity index (χ2n) is 4.72. The molecule has 108 valence electrons. The summed E-state index contributed by atoms with van der Waals surface area (Å²) in [5, 5.41) is 0. The van der Waals surface area contributed by atoms with Crippen molar-refractivity contribution in [2.24, 2.45) is 0 Å². The number of nitrogens with zero attached hydrogens (tertiary/aromatic N) is 2. The average molecular weight is 270 g/mol. The monoisotopic (exact) mass is 270 g/mol. The van der Waals surface area contributed by atoms with E-state index in [9.17, 15) is 13.2 Å². The zero-order chi connectivity index (χ0) is 13.6. The van der Waals surface area contributed by atoms with Crippen LogP contribution in [0.2, 0.25) is 0 Å². The molecule has 0 saturated carbocycles. The van der Waals surface area contributed by atoms with Gasteiger partial charge in [0.1, 0.15) is 6.61 Å². The molecule has 0 aromatic carbocycles. The van der Waals surface area contributed by atoms with Gasteiger partial charge in [-0.15, -0.1) is 0 Å². The fraction of sp³-hybridized carbons (Fsp3) is 1.00. The molecule has 1 saturated heterocycles. The van der Waals surface area contributed by atoms with Crippen molar-refractivity contribution in [2.75, 3.05) is 60.1 Å². The fourth-order valence-corrected chi connectivity index (χ4v) is 1.88. The third-order valence-corrected chi connectivity index (χ3v) is 2.61.